The van der Waals surface area contributed by atoms with Crippen LogP contribution in [0.4, 0.5) is 0 Å². The van der Waals surface area contributed by atoms with Crippen LogP contribution in [0.2, 0.25) is 0 Å². The summed E-state index contributed by atoms with van der Waals surface area (Å²) in [6.45, 7) is 2.27. The number of aryl methyl sites for hydroxylation is 2. The molecule has 2 heteroatoms. The smallest absolute Gasteiger partial charge is 0.120 e. The van der Waals surface area contributed by atoms with Crippen LogP contribution in [0.1, 0.15) is 56.6 Å². The summed E-state index contributed by atoms with van der Waals surface area (Å²) in [5.41, 5.74) is 9.26. The lowest BCUT2D eigenvalue weighted by Crippen LogP contribution is -2.43. The fourth-order valence-corrected chi connectivity index (χ4v) is 3.84. The van der Waals surface area contributed by atoms with Crippen molar-refractivity contribution in [3.05, 3.63) is 29.3 Å². The van der Waals surface area contributed by atoms with Gasteiger partial charge in [0.25, 0.3) is 0 Å². The molecular weight excluding hydrogens is 246 g/mol. The van der Waals surface area contributed by atoms with Gasteiger partial charge in [0.15, 0.2) is 0 Å². The van der Waals surface area contributed by atoms with Gasteiger partial charge >= 0.3 is 0 Å². The van der Waals surface area contributed by atoms with E-state index >= 15 is 0 Å². The zero-order valence-corrected chi connectivity index (χ0v) is 12.6. The minimum atomic E-state index is 0.205. The molecule has 0 aromatic heterocycles. The van der Waals surface area contributed by atoms with Gasteiger partial charge in [0.2, 0.25) is 0 Å². The number of rotatable bonds is 4. The van der Waals surface area contributed by atoms with Gasteiger partial charge in [-0.1, -0.05) is 25.8 Å². The number of benzene rings is 1. The molecule has 2 N–H and O–H groups in total. The number of fused-ring (bicyclic) bond motifs is 1. The van der Waals surface area contributed by atoms with Gasteiger partial charge in [0.05, 0.1) is 0 Å². The van der Waals surface area contributed by atoms with E-state index in [-0.39, 0.29) is 12.1 Å². The molecular formula is C18H27NO. The molecule has 2 aliphatic carbocycles. The molecule has 2 nitrogen and oxygen atoms in total. The second-order valence-electron chi connectivity index (χ2n) is 6.57. The third kappa shape index (κ3) is 3.01. The number of nitrogens with two attached hydrogens (primary N) is 1. The molecule has 0 heterocycles. The number of hydrogen-bond acceptors (Lipinski definition) is 2. The van der Waals surface area contributed by atoms with E-state index in [1.54, 1.807) is 0 Å². The molecule has 1 aromatic carbocycles. The monoisotopic (exact) mass is 273 g/mol. The van der Waals surface area contributed by atoms with Crippen molar-refractivity contribution >= 4 is 0 Å². The van der Waals surface area contributed by atoms with Crippen LogP contribution in [0, 0.1) is 5.92 Å². The molecule has 1 saturated carbocycles. The topological polar surface area (TPSA) is 35.2 Å². The van der Waals surface area contributed by atoms with Crippen molar-refractivity contribution in [2.75, 3.05) is 0 Å². The Morgan fingerprint density at radius 2 is 2.05 bits per heavy atom. The molecule has 2 aliphatic rings. The zero-order valence-electron chi connectivity index (χ0n) is 12.6. The summed E-state index contributed by atoms with van der Waals surface area (Å²) in [7, 11) is 0. The SMILES string of the molecule is CCCC1CCC(N)C(Oc2ccc3c(c2)CCC3)C1. The minimum Gasteiger partial charge on any atom is -0.489 e. The van der Waals surface area contributed by atoms with E-state index in [0.717, 1.165) is 24.5 Å². The zero-order chi connectivity index (χ0) is 13.9. The molecule has 3 unspecified atom stereocenters. The van der Waals surface area contributed by atoms with E-state index < -0.39 is 0 Å². The third-order valence-electron chi connectivity index (χ3n) is 5.01. The maximum atomic E-state index is 6.27. The van der Waals surface area contributed by atoms with E-state index in [2.05, 4.69) is 25.1 Å². The summed E-state index contributed by atoms with van der Waals surface area (Å²) in [5.74, 6) is 1.84. The van der Waals surface area contributed by atoms with Crippen molar-refractivity contribution in [2.24, 2.45) is 11.7 Å². The lowest BCUT2D eigenvalue weighted by molar-refractivity contribution is 0.0992. The third-order valence-corrected chi connectivity index (χ3v) is 5.01. The predicted molar refractivity (Wildman–Crippen MR) is 83.1 cm³/mol. The van der Waals surface area contributed by atoms with E-state index in [9.17, 15) is 0 Å². The summed E-state index contributed by atoms with van der Waals surface area (Å²) in [5, 5.41) is 0. The lowest BCUT2D eigenvalue weighted by Gasteiger charge is -2.34. The van der Waals surface area contributed by atoms with Gasteiger partial charge in [-0.3, -0.25) is 0 Å². The van der Waals surface area contributed by atoms with Crippen LogP contribution < -0.4 is 10.5 Å². The van der Waals surface area contributed by atoms with E-state index in [0.29, 0.717) is 0 Å². The summed E-state index contributed by atoms with van der Waals surface area (Å²) >= 11 is 0. The molecule has 1 fully saturated rings. The van der Waals surface area contributed by atoms with Crippen LogP contribution in [-0.2, 0) is 12.8 Å². The summed E-state index contributed by atoms with van der Waals surface area (Å²) in [6, 6.07) is 6.84. The fraction of sp³-hybridized carbons (Fsp3) is 0.667. The first-order valence-electron chi connectivity index (χ1n) is 8.30. The normalized spacial score (nSPS) is 29.2. The van der Waals surface area contributed by atoms with Gasteiger partial charge in [0, 0.05) is 6.04 Å². The fourth-order valence-electron chi connectivity index (χ4n) is 3.84. The molecule has 20 heavy (non-hydrogen) atoms. The average Bonchev–Trinajstić information content (AvgIpc) is 2.90. The van der Waals surface area contributed by atoms with E-state index in [1.165, 1.54) is 49.7 Å². The van der Waals surface area contributed by atoms with Gasteiger partial charge < -0.3 is 10.5 Å². The second kappa shape index (κ2) is 6.17. The highest BCUT2D eigenvalue weighted by molar-refractivity contribution is 5.38. The molecule has 3 atom stereocenters. The average molecular weight is 273 g/mol. The van der Waals surface area contributed by atoms with E-state index in [4.69, 9.17) is 10.5 Å². The number of hydrogen-bond donors (Lipinski definition) is 1. The van der Waals surface area contributed by atoms with Crippen molar-refractivity contribution in [1.29, 1.82) is 0 Å². The molecule has 3 rings (SSSR count). The van der Waals surface area contributed by atoms with Gasteiger partial charge in [-0.25, -0.2) is 0 Å². The van der Waals surface area contributed by atoms with Crippen LogP contribution in [0.15, 0.2) is 18.2 Å². The van der Waals surface area contributed by atoms with Gasteiger partial charge in [-0.2, -0.15) is 0 Å². The van der Waals surface area contributed by atoms with Crippen LogP contribution in [0.25, 0.3) is 0 Å². The molecule has 0 saturated heterocycles. The van der Waals surface area contributed by atoms with Crippen LogP contribution in [0.5, 0.6) is 5.75 Å². The highest BCUT2D eigenvalue weighted by Crippen LogP contribution is 2.32. The summed E-state index contributed by atoms with van der Waals surface area (Å²) in [6.07, 6.45) is 10.0. The van der Waals surface area contributed by atoms with Crippen LogP contribution in [0.3, 0.4) is 0 Å². The van der Waals surface area contributed by atoms with E-state index in [1.807, 2.05) is 0 Å². The first kappa shape index (κ1) is 13.9. The molecule has 1 aromatic rings. The summed E-state index contributed by atoms with van der Waals surface area (Å²) < 4.78 is 6.24. The van der Waals surface area contributed by atoms with Gasteiger partial charge in [0.1, 0.15) is 11.9 Å². The predicted octanol–water partition coefficient (Wildman–Crippen LogP) is 3.85. The van der Waals surface area contributed by atoms with Crippen molar-refractivity contribution in [3.63, 3.8) is 0 Å². The van der Waals surface area contributed by atoms with Crippen molar-refractivity contribution in [1.82, 2.24) is 0 Å². The Morgan fingerprint density at radius 3 is 2.90 bits per heavy atom. The summed E-state index contributed by atoms with van der Waals surface area (Å²) in [4.78, 5) is 0. The molecule has 0 aliphatic heterocycles. The standard InChI is InChI=1S/C18H27NO/c1-2-4-13-7-10-17(19)18(11-13)20-16-9-8-14-5-3-6-15(14)12-16/h8-9,12-13,17-18H,2-7,10-11,19H2,1H3. The maximum absolute atomic E-state index is 6.27. The molecule has 0 radical (unpaired) electrons. The van der Waals surface area contributed by atoms with Crippen molar-refractivity contribution < 1.29 is 4.74 Å². The highest BCUT2D eigenvalue weighted by Gasteiger charge is 2.29. The van der Waals surface area contributed by atoms with Crippen LogP contribution >= 0.6 is 0 Å². The molecule has 0 bridgehead atoms. The quantitative estimate of drug-likeness (QED) is 0.904. The Kier molecular flexibility index (Phi) is 4.30. The van der Waals surface area contributed by atoms with Gasteiger partial charge in [-0.05, 0) is 67.7 Å². The molecule has 0 spiro atoms. The Bertz CT molecular complexity index is 457. The number of ether oxygens (including phenoxy) is 1. The highest BCUT2D eigenvalue weighted by atomic mass is 16.5. The largest absolute Gasteiger partial charge is 0.489 e. The molecule has 110 valence electrons. The first-order chi connectivity index (χ1) is 9.76. The Morgan fingerprint density at radius 1 is 1.20 bits per heavy atom. The Labute approximate surface area is 122 Å². The minimum absolute atomic E-state index is 0.205. The second-order valence-corrected chi connectivity index (χ2v) is 6.57. The maximum Gasteiger partial charge on any atom is 0.120 e. The Hall–Kier alpha value is -1.02. The Balaban J connectivity index is 1.66. The first-order valence-corrected chi connectivity index (χ1v) is 8.30. The molecule has 0 amide bonds. The lowest BCUT2D eigenvalue weighted by atomic mass is 9.82. The van der Waals surface area contributed by atoms with Gasteiger partial charge in [-0.15, -0.1) is 0 Å². The van der Waals surface area contributed by atoms with Crippen molar-refractivity contribution in [3.8, 4) is 5.75 Å². The van der Waals surface area contributed by atoms with Crippen molar-refractivity contribution in [2.45, 2.75) is 70.4 Å². The van der Waals surface area contributed by atoms with Crippen LogP contribution in [-0.4, -0.2) is 12.1 Å².